The minimum atomic E-state index is -1.31. The van der Waals surface area contributed by atoms with E-state index in [9.17, 15) is 9.00 Å². The van der Waals surface area contributed by atoms with Crippen molar-refractivity contribution in [3.63, 3.8) is 0 Å². The van der Waals surface area contributed by atoms with Crippen molar-refractivity contribution in [2.75, 3.05) is 13.7 Å². The molecular formula is C22H22O5S. The monoisotopic (exact) mass is 398 g/mol. The van der Waals surface area contributed by atoms with Crippen molar-refractivity contribution in [3.05, 3.63) is 71.7 Å². The first-order chi connectivity index (χ1) is 13.6. The molecule has 0 bridgehead atoms. The normalized spacial score (nSPS) is 11.8. The Morgan fingerprint density at radius 2 is 1.93 bits per heavy atom. The van der Waals surface area contributed by atoms with Crippen molar-refractivity contribution in [2.24, 2.45) is 0 Å². The third kappa shape index (κ3) is 4.02. The highest BCUT2D eigenvalue weighted by atomic mass is 32.2. The van der Waals surface area contributed by atoms with Crippen molar-refractivity contribution in [1.29, 1.82) is 0 Å². The van der Waals surface area contributed by atoms with Crippen LogP contribution in [-0.4, -0.2) is 23.9 Å². The molecule has 0 spiro atoms. The molecule has 0 fully saturated rings. The van der Waals surface area contributed by atoms with E-state index in [1.165, 1.54) is 7.11 Å². The van der Waals surface area contributed by atoms with E-state index < -0.39 is 16.8 Å². The summed E-state index contributed by atoms with van der Waals surface area (Å²) < 4.78 is 29.0. The SMILES string of the molecule is CCOC(=O)c1c(CS(=O)c2ccccc2C)ccc(-c2ccoc2)c1OC. The van der Waals surface area contributed by atoms with E-state index in [-0.39, 0.29) is 12.4 Å². The Balaban J connectivity index is 2.09. The van der Waals surface area contributed by atoms with Gasteiger partial charge in [0.15, 0.2) is 0 Å². The van der Waals surface area contributed by atoms with Crippen LogP contribution in [0.1, 0.15) is 28.4 Å². The predicted octanol–water partition coefficient (Wildman–Crippen LogP) is 4.75. The quantitative estimate of drug-likeness (QED) is 0.538. The molecule has 0 aliphatic heterocycles. The molecule has 1 unspecified atom stereocenters. The Kier molecular flexibility index (Phi) is 6.31. The smallest absolute Gasteiger partial charge is 0.342 e. The van der Waals surface area contributed by atoms with Crippen LogP contribution in [0.4, 0.5) is 0 Å². The lowest BCUT2D eigenvalue weighted by Gasteiger charge is -2.16. The summed E-state index contributed by atoms with van der Waals surface area (Å²) in [7, 11) is 0.192. The van der Waals surface area contributed by atoms with Crippen LogP contribution < -0.4 is 4.74 Å². The number of hydrogen-bond donors (Lipinski definition) is 0. The number of benzene rings is 2. The lowest BCUT2D eigenvalue weighted by Crippen LogP contribution is -2.12. The van der Waals surface area contributed by atoms with Crippen LogP contribution in [0, 0.1) is 6.92 Å². The van der Waals surface area contributed by atoms with Crippen LogP contribution in [0.15, 0.2) is 64.3 Å². The molecule has 1 heterocycles. The lowest BCUT2D eigenvalue weighted by atomic mass is 9.99. The van der Waals surface area contributed by atoms with E-state index in [0.717, 1.165) is 16.0 Å². The van der Waals surface area contributed by atoms with Gasteiger partial charge < -0.3 is 13.9 Å². The van der Waals surface area contributed by atoms with E-state index >= 15 is 0 Å². The van der Waals surface area contributed by atoms with E-state index in [1.807, 2.05) is 37.3 Å². The van der Waals surface area contributed by atoms with Crippen molar-refractivity contribution in [1.82, 2.24) is 0 Å². The molecule has 3 rings (SSSR count). The van der Waals surface area contributed by atoms with Gasteiger partial charge in [-0.25, -0.2) is 4.79 Å². The predicted molar refractivity (Wildman–Crippen MR) is 108 cm³/mol. The van der Waals surface area contributed by atoms with Crippen LogP contribution >= 0.6 is 0 Å². The number of hydrogen-bond acceptors (Lipinski definition) is 5. The Hall–Kier alpha value is -2.86. The highest BCUT2D eigenvalue weighted by Gasteiger charge is 2.24. The van der Waals surface area contributed by atoms with E-state index in [0.29, 0.717) is 22.4 Å². The van der Waals surface area contributed by atoms with Crippen LogP contribution in [0.25, 0.3) is 11.1 Å². The summed E-state index contributed by atoms with van der Waals surface area (Å²) in [6, 6.07) is 13.0. The number of carbonyl (C=O) groups excluding carboxylic acids is 1. The molecule has 0 N–H and O–H groups in total. The summed E-state index contributed by atoms with van der Waals surface area (Å²) in [4.78, 5) is 13.5. The summed E-state index contributed by atoms with van der Waals surface area (Å²) in [5, 5.41) is 0. The fraction of sp³-hybridized carbons (Fsp3) is 0.227. The largest absolute Gasteiger partial charge is 0.495 e. The minimum absolute atomic E-state index is 0.182. The Labute approximate surface area is 166 Å². The number of furan rings is 1. The molecular weight excluding hydrogens is 376 g/mol. The Morgan fingerprint density at radius 3 is 2.57 bits per heavy atom. The molecule has 1 aromatic heterocycles. The van der Waals surface area contributed by atoms with Gasteiger partial charge in [-0.15, -0.1) is 0 Å². The average Bonchev–Trinajstić information content (AvgIpc) is 3.22. The molecule has 146 valence electrons. The standard InChI is InChI=1S/C22H22O5S/c1-4-27-22(23)20-17(14-28(24)19-8-6-5-7-15(19)2)9-10-18(21(20)25-3)16-11-12-26-13-16/h5-13H,4,14H2,1-3H3. The van der Waals surface area contributed by atoms with Crippen LogP contribution in [-0.2, 0) is 21.3 Å². The van der Waals surface area contributed by atoms with Crippen molar-refractivity contribution < 1.29 is 22.9 Å². The first-order valence-corrected chi connectivity index (χ1v) is 10.2. The molecule has 0 saturated carbocycles. The van der Waals surface area contributed by atoms with Gasteiger partial charge in [0.25, 0.3) is 0 Å². The molecule has 0 radical (unpaired) electrons. The maximum atomic E-state index is 13.0. The summed E-state index contributed by atoms with van der Waals surface area (Å²) in [6.07, 6.45) is 3.14. The zero-order valence-electron chi connectivity index (χ0n) is 16.1. The topological polar surface area (TPSA) is 65.7 Å². The molecule has 0 aliphatic carbocycles. The number of esters is 1. The second-order valence-electron chi connectivity index (χ2n) is 6.17. The van der Waals surface area contributed by atoms with Gasteiger partial charge in [-0.05, 0) is 37.1 Å². The highest BCUT2D eigenvalue weighted by molar-refractivity contribution is 7.84. The summed E-state index contributed by atoms with van der Waals surface area (Å²) in [5.74, 6) is 0.0710. The average molecular weight is 398 g/mol. The summed E-state index contributed by atoms with van der Waals surface area (Å²) >= 11 is 0. The molecule has 0 aliphatic rings. The van der Waals surface area contributed by atoms with Gasteiger partial charge in [-0.3, -0.25) is 4.21 Å². The van der Waals surface area contributed by atoms with Gasteiger partial charge in [-0.2, -0.15) is 0 Å². The third-order valence-electron chi connectivity index (χ3n) is 4.39. The summed E-state index contributed by atoms with van der Waals surface area (Å²) in [5.41, 5.74) is 3.35. The van der Waals surface area contributed by atoms with Crippen LogP contribution in [0.2, 0.25) is 0 Å². The highest BCUT2D eigenvalue weighted by Crippen LogP contribution is 2.37. The van der Waals surface area contributed by atoms with E-state index in [4.69, 9.17) is 13.9 Å². The fourth-order valence-electron chi connectivity index (χ4n) is 3.06. The maximum Gasteiger partial charge on any atom is 0.342 e. The maximum absolute atomic E-state index is 13.0. The minimum Gasteiger partial charge on any atom is -0.495 e. The molecule has 2 aromatic carbocycles. The fourth-order valence-corrected chi connectivity index (χ4v) is 4.39. The lowest BCUT2D eigenvalue weighted by molar-refractivity contribution is 0.0522. The zero-order valence-corrected chi connectivity index (χ0v) is 16.9. The number of carbonyl (C=O) groups is 1. The Morgan fingerprint density at radius 1 is 1.14 bits per heavy atom. The third-order valence-corrected chi connectivity index (χ3v) is 5.91. The second kappa shape index (κ2) is 8.89. The van der Waals surface area contributed by atoms with Gasteiger partial charge in [0.2, 0.25) is 0 Å². The van der Waals surface area contributed by atoms with E-state index in [1.54, 1.807) is 31.6 Å². The summed E-state index contributed by atoms with van der Waals surface area (Å²) in [6.45, 7) is 3.90. The van der Waals surface area contributed by atoms with Crippen molar-refractivity contribution >= 4 is 16.8 Å². The first kappa shape index (κ1) is 19.9. The van der Waals surface area contributed by atoms with Crippen molar-refractivity contribution in [2.45, 2.75) is 24.5 Å². The number of rotatable bonds is 7. The van der Waals surface area contributed by atoms with Crippen LogP contribution in [0.3, 0.4) is 0 Å². The number of methoxy groups -OCH3 is 1. The van der Waals surface area contributed by atoms with Gasteiger partial charge in [-0.1, -0.05) is 30.3 Å². The molecule has 0 saturated heterocycles. The number of ether oxygens (including phenoxy) is 2. The first-order valence-electron chi connectivity index (χ1n) is 8.90. The number of aryl methyl sites for hydroxylation is 1. The molecule has 5 nitrogen and oxygen atoms in total. The van der Waals surface area contributed by atoms with Crippen molar-refractivity contribution in [3.8, 4) is 16.9 Å². The zero-order chi connectivity index (χ0) is 20.1. The second-order valence-corrected chi connectivity index (χ2v) is 7.59. The van der Waals surface area contributed by atoms with Gasteiger partial charge >= 0.3 is 5.97 Å². The van der Waals surface area contributed by atoms with Gasteiger partial charge in [0, 0.05) is 16.0 Å². The van der Waals surface area contributed by atoms with Gasteiger partial charge in [0.05, 0.1) is 42.8 Å². The molecule has 0 amide bonds. The Bertz CT molecular complexity index is 992. The molecule has 28 heavy (non-hydrogen) atoms. The molecule has 6 heteroatoms. The van der Waals surface area contributed by atoms with Gasteiger partial charge in [0.1, 0.15) is 11.3 Å². The van der Waals surface area contributed by atoms with Crippen LogP contribution in [0.5, 0.6) is 5.75 Å². The molecule has 3 aromatic rings. The van der Waals surface area contributed by atoms with E-state index in [2.05, 4.69) is 0 Å². The molecule has 1 atom stereocenters.